The van der Waals surface area contributed by atoms with Crippen LogP contribution < -0.4 is 9.80 Å². The summed E-state index contributed by atoms with van der Waals surface area (Å²) in [6, 6.07) is 98.8. The highest BCUT2D eigenvalue weighted by atomic mass is 28.4. The second-order valence-corrected chi connectivity index (χ2v) is 33.1. The second kappa shape index (κ2) is 19.2. The number of anilines is 6. The summed E-state index contributed by atoms with van der Waals surface area (Å²) in [5.74, 6) is 0. The van der Waals surface area contributed by atoms with E-state index in [0.29, 0.717) is 0 Å². The number of nitrogens with zero attached hydrogens (tertiary/aromatic N) is 2. The van der Waals surface area contributed by atoms with E-state index in [0.717, 1.165) is 28.4 Å². The molecule has 0 aliphatic heterocycles. The Morgan fingerprint density at radius 2 is 0.667 bits per heavy atom. The van der Waals surface area contributed by atoms with Gasteiger partial charge < -0.3 is 9.80 Å². The molecule has 0 saturated carbocycles. The molecule has 0 aromatic heterocycles. The number of fused-ring (bicyclic) bond motifs is 5. The molecule has 0 atom stereocenters. The fourth-order valence-corrected chi connectivity index (χ4v) is 26.0. The summed E-state index contributed by atoms with van der Waals surface area (Å²) >= 11 is 0. The molecule has 0 spiro atoms. The average molecular weight is 999 g/mol. The highest BCUT2D eigenvalue weighted by molar-refractivity contribution is 7.00. The standard InChI is InChI=1S/C71H62N2Si2/c1-74(2,3)71(75(4,5)6)67-50-61(73(59-35-23-12-24-36-59)69-46-39-56(52-27-15-8-16-28-52)49-66(69)54-31-19-10-20-32-54)41-44-63(67)64-42-37-57-47-60(40-43-62(57)70(64)71)72(58-33-21-11-22-34-58)68-45-38-55(51-25-13-7-14-26-51)48-65(68)53-29-17-9-18-30-53/h7-50H,1-6H3. The van der Waals surface area contributed by atoms with E-state index < -0.39 is 16.1 Å². The van der Waals surface area contributed by atoms with E-state index in [1.54, 1.807) is 0 Å². The summed E-state index contributed by atoms with van der Waals surface area (Å²) in [7, 11) is -4.28. The number of para-hydroxylation sites is 2. The van der Waals surface area contributed by atoms with Crippen molar-refractivity contribution in [2.45, 2.75) is 43.9 Å². The minimum atomic E-state index is -2.14. The van der Waals surface area contributed by atoms with Gasteiger partial charge in [0.1, 0.15) is 0 Å². The molecule has 0 radical (unpaired) electrons. The quantitative estimate of drug-likeness (QED) is 0.113. The van der Waals surface area contributed by atoms with Crippen molar-refractivity contribution in [1.29, 1.82) is 0 Å². The van der Waals surface area contributed by atoms with E-state index >= 15 is 0 Å². The molecule has 11 aromatic rings. The van der Waals surface area contributed by atoms with Gasteiger partial charge >= 0.3 is 0 Å². The van der Waals surface area contributed by atoms with E-state index in [1.807, 2.05) is 0 Å². The Hall–Kier alpha value is -8.29. The number of benzene rings is 11. The second-order valence-electron chi connectivity index (χ2n) is 22.1. The summed E-state index contributed by atoms with van der Waals surface area (Å²) in [4.78, 5) is 4.97. The van der Waals surface area contributed by atoms with Crippen molar-refractivity contribution in [3.05, 3.63) is 278 Å². The van der Waals surface area contributed by atoms with E-state index in [-0.39, 0.29) is 4.66 Å². The summed E-state index contributed by atoms with van der Waals surface area (Å²) in [5, 5.41) is 2.62. The van der Waals surface area contributed by atoms with Crippen LogP contribution in [0.4, 0.5) is 34.1 Å². The molecule has 0 heterocycles. The lowest BCUT2D eigenvalue weighted by molar-refractivity contribution is 0.961. The van der Waals surface area contributed by atoms with Gasteiger partial charge in [0, 0.05) is 38.5 Å². The number of rotatable bonds is 12. The van der Waals surface area contributed by atoms with Gasteiger partial charge in [0.05, 0.1) is 27.5 Å². The van der Waals surface area contributed by atoms with Crippen LogP contribution >= 0.6 is 0 Å². The molecular formula is C71H62N2Si2. The molecule has 2 nitrogen and oxygen atoms in total. The van der Waals surface area contributed by atoms with Crippen LogP contribution in [-0.4, -0.2) is 16.1 Å². The molecule has 75 heavy (non-hydrogen) atoms. The monoisotopic (exact) mass is 998 g/mol. The van der Waals surface area contributed by atoms with Crippen molar-refractivity contribution in [3.63, 3.8) is 0 Å². The summed E-state index contributed by atoms with van der Waals surface area (Å²) in [6.45, 7) is 15.8. The molecule has 0 bridgehead atoms. The zero-order valence-corrected chi connectivity index (χ0v) is 45.8. The van der Waals surface area contributed by atoms with Crippen molar-refractivity contribution in [3.8, 4) is 55.6 Å². The van der Waals surface area contributed by atoms with Gasteiger partial charge in [-0.15, -0.1) is 0 Å². The van der Waals surface area contributed by atoms with Crippen LogP contribution in [0.15, 0.2) is 267 Å². The Bertz CT molecular complexity index is 3810. The molecule has 1 aliphatic carbocycles. The smallest absolute Gasteiger partial charge is 0.0579 e. The maximum absolute atomic E-state index is 2.64. The first-order valence-electron chi connectivity index (χ1n) is 26.4. The van der Waals surface area contributed by atoms with Gasteiger partial charge in [0.2, 0.25) is 0 Å². The van der Waals surface area contributed by atoms with Gasteiger partial charge in [0.15, 0.2) is 0 Å². The zero-order chi connectivity index (χ0) is 51.3. The fourth-order valence-electron chi connectivity index (χ4n) is 12.9. The van der Waals surface area contributed by atoms with Crippen LogP contribution in [0, 0.1) is 0 Å². The first-order valence-corrected chi connectivity index (χ1v) is 33.4. The Balaban J connectivity index is 1.05. The lowest BCUT2D eigenvalue weighted by Crippen LogP contribution is -2.63. The SMILES string of the molecule is C[Si](C)(C)C1([Si](C)(C)C)c2cc(N(c3ccccc3)c3ccc(-c4ccccc4)cc3-c3ccccc3)ccc2-c2ccc3cc(N(c4ccccc4)c4ccc(-c5ccccc5)cc4-c4ccccc4)ccc3c21. The number of hydrogen-bond donors (Lipinski definition) is 0. The Morgan fingerprint density at radius 1 is 0.280 bits per heavy atom. The van der Waals surface area contributed by atoms with E-state index in [2.05, 4.69) is 316 Å². The van der Waals surface area contributed by atoms with Crippen LogP contribution in [0.2, 0.25) is 39.3 Å². The third-order valence-electron chi connectivity index (χ3n) is 15.7. The summed E-state index contributed by atoms with van der Waals surface area (Å²) in [5.41, 5.74) is 22.2. The van der Waals surface area contributed by atoms with Crippen LogP contribution in [0.25, 0.3) is 66.4 Å². The summed E-state index contributed by atoms with van der Waals surface area (Å²) in [6.07, 6.45) is 0. The number of hydrogen-bond acceptors (Lipinski definition) is 2. The van der Waals surface area contributed by atoms with Gasteiger partial charge in [0.25, 0.3) is 0 Å². The highest BCUT2D eigenvalue weighted by Crippen LogP contribution is 2.61. The molecule has 1 aliphatic rings. The predicted octanol–water partition coefficient (Wildman–Crippen LogP) is 20.5. The molecule has 0 saturated heterocycles. The van der Waals surface area contributed by atoms with Gasteiger partial charge in [-0.1, -0.05) is 233 Å². The molecule has 0 amide bonds. The predicted molar refractivity (Wildman–Crippen MR) is 328 cm³/mol. The molecule has 12 rings (SSSR count). The third-order valence-corrected chi connectivity index (χ3v) is 25.8. The summed E-state index contributed by atoms with van der Waals surface area (Å²) < 4.78 is -0.129. The maximum Gasteiger partial charge on any atom is 0.0579 e. The van der Waals surface area contributed by atoms with E-state index in [9.17, 15) is 0 Å². The average Bonchev–Trinajstić information content (AvgIpc) is 3.83. The third kappa shape index (κ3) is 8.35. The molecule has 0 N–H and O–H groups in total. The van der Waals surface area contributed by atoms with E-state index in [4.69, 9.17) is 0 Å². The van der Waals surface area contributed by atoms with Crippen molar-refractivity contribution in [2.24, 2.45) is 0 Å². The van der Waals surface area contributed by atoms with Gasteiger partial charge in [-0.05, 0) is 139 Å². The molecular weight excluding hydrogens is 937 g/mol. The van der Waals surface area contributed by atoms with Crippen LogP contribution in [0.1, 0.15) is 11.1 Å². The Labute approximate surface area is 445 Å². The Morgan fingerprint density at radius 3 is 1.11 bits per heavy atom. The van der Waals surface area contributed by atoms with Crippen molar-refractivity contribution in [2.75, 3.05) is 9.80 Å². The first-order chi connectivity index (χ1) is 36.5. The van der Waals surface area contributed by atoms with Gasteiger partial charge in [-0.25, -0.2) is 0 Å². The van der Waals surface area contributed by atoms with Crippen molar-refractivity contribution < 1.29 is 0 Å². The topological polar surface area (TPSA) is 6.48 Å². The first kappa shape index (κ1) is 47.7. The maximum atomic E-state index is 2.64. The zero-order valence-electron chi connectivity index (χ0n) is 43.8. The highest BCUT2D eigenvalue weighted by Gasteiger charge is 2.60. The van der Waals surface area contributed by atoms with Gasteiger partial charge in [-0.2, -0.15) is 0 Å². The van der Waals surface area contributed by atoms with Crippen LogP contribution in [0.3, 0.4) is 0 Å². The lowest BCUT2D eigenvalue weighted by atomic mass is 9.95. The lowest BCUT2D eigenvalue weighted by Gasteiger charge is -2.51. The Kier molecular flexibility index (Phi) is 12.2. The molecule has 0 fully saturated rings. The largest absolute Gasteiger partial charge is 0.310 e. The molecule has 364 valence electrons. The van der Waals surface area contributed by atoms with Crippen LogP contribution in [-0.2, 0) is 4.66 Å². The van der Waals surface area contributed by atoms with Crippen molar-refractivity contribution in [1.82, 2.24) is 0 Å². The normalized spacial score (nSPS) is 12.8. The van der Waals surface area contributed by atoms with Crippen molar-refractivity contribution >= 4 is 61.0 Å². The molecule has 11 aromatic carbocycles. The molecule has 0 unspecified atom stereocenters. The van der Waals surface area contributed by atoms with E-state index in [1.165, 1.54) is 83.2 Å². The minimum absolute atomic E-state index is 0.129. The van der Waals surface area contributed by atoms with Crippen LogP contribution in [0.5, 0.6) is 0 Å². The van der Waals surface area contributed by atoms with Gasteiger partial charge in [-0.3, -0.25) is 0 Å². The fraction of sp³-hybridized carbons (Fsp3) is 0.0986. The molecule has 4 heteroatoms. The minimum Gasteiger partial charge on any atom is -0.310 e.